The molecule has 1 heterocycles. The van der Waals surface area contributed by atoms with E-state index >= 15 is 0 Å². The van der Waals surface area contributed by atoms with Crippen LogP contribution < -0.4 is 10.1 Å². The molecule has 1 saturated heterocycles. The molecule has 0 aromatic heterocycles. The van der Waals surface area contributed by atoms with Crippen LogP contribution in [0.4, 0.5) is 0 Å². The van der Waals surface area contributed by atoms with Gasteiger partial charge < -0.3 is 10.1 Å². The average Bonchev–Trinajstić information content (AvgIpc) is 2.85. The molecule has 0 aliphatic carbocycles. The molecule has 0 radical (unpaired) electrons. The van der Waals surface area contributed by atoms with Crippen LogP contribution in [0.1, 0.15) is 32.8 Å². The normalized spacial score (nSPS) is 18.8. The first kappa shape index (κ1) is 13.0. The highest BCUT2D eigenvalue weighted by Crippen LogP contribution is 2.17. The van der Waals surface area contributed by atoms with Crippen LogP contribution in [0.5, 0.6) is 5.75 Å². The molecule has 1 aliphatic rings. The zero-order chi connectivity index (χ0) is 11.8. The topological polar surface area (TPSA) is 21.3 Å². The highest BCUT2D eigenvalue weighted by Gasteiger charge is 2.15. The monoisotopic (exact) mass is 221 g/mol. The minimum absolute atomic E-state index is 0.363. The molecule has 1 aliphatic heterocycles. The molecule has 1 aromatic carbocycles. The van der Waals surface area contributed by atoms with E-state index in [1.807, 2.05) is 19.9 Å². The SMILES string of the molecule is CC.CCc1cccc(OC2CCNC2)c1. The largest absolute Gasteiger partial charge is 0.489 e. The van der Waals surface area contributed by atoms with Crippen molar-refractivity contribution in [2.45, 2.75) is 39.7 Å². The zero-order valence-electron chi connectivity index (χ0n) is 10.6. The molecule has 1 aromatic rings. The first-order valence-corrected chi connectivity index (χ1v) is 6.35. The van der Waals surface area contributed by atoms with Crippen molar-refractivity contribution in [1.82, 2.24) is 5.32 Å². The summed E-state index contributed by atoms with van der Waals surface area (Å²) in [5, 5.41) is 3.30. The third-order valence-electron chi connectivity index (χ3n) is 2.62. The van der Waals surface area contributed by atoms with Crippen molar-refractivity contribution in [3.8, 4) is 5.75 Å². The summed E-state index contributed by atoms with van der Waals surface area (Å²) in [5.41, 5.74) is 1.34. The smallest absolute Gasteiger partial charge is 0.120 e. The molecule has 1 atom stereocenters. The van der Waals surface area contributed by atoms with E-state index < -0.39 is 0 Å². The highest BCUT2D eigenvalue weighted by molar-refractivity contribution is 5.28. The molecule has 0 spiro atoms. The molecule has 2 heteroatoms. The van der Waals surface area contributed by atoms with E-state index in [0.717, 1.165) is 31.7 Å². The second kappa shape index (κ2) is 7.29. The number of hydrogen-bond acceptors (Lipinski definition) is 2. The van der Waals surface area contributed by atoms with E-state index in [0.29, 0.717) is 6.10 Å². The van der Waals surface area contributed by atoms with Gasteiger partial charge in [-0.2, -0.15) is 0 Å². The van der Waals surface area contributed by atoms with E-state index in [4.69, 9.17) is 4.74 Å². The number of ether oxygens (including phenoxy) is 1. The quantitative estimate of drug-likeness (QED) is 0.847. The van der Waals surface area contributed by atoms with E-state index in [2.05, 4.69) is 30.4 Å². The van der Waals surface area contributed by atoms with Gasteiger partial charge in [-0.3, -0.25) is 0 Å². The lowest BCUT2D eigenvalue weighted by atomic mass is 10.1. The van der Waals surface area contributed by atoms with E-state index in [9.17, 15) is 0 Å². The van der Waals surface area contributed by atoms with Gasteiger partial charge in [0.05, 0.1) is 0 Å². The van der Waals surface area contributed by atoms with Crippen molar-refractivity contribution in [2.24, 2.45) is 0 Å². The predicted molar refractivity (Wildman–Crippen MR) is 69.1 cm³/mol. The molecule has 1 unspecified atom stereocenters. The van der Waals surface area contributed by atoms with Crippen LogP contribution in [0.25, 0.3) is 0 Å². The summed E-state index contributed by atoms with van der Waals surface area (Å²) in [6.45, 7) is 8.23. The minimum Gasteiger partial charge on any atom is -0.489 e. The Hall–Kier alpha value is -1.02. The van der Waals surface area contributed by atoms with Crippen LogP contribution in [0.3, 0.4) is 0 Å². The van der Waals surface area contributed by atoms with Gasteiger partial charge in [0.25, 0.3) is 0 Å². The lowest BCUT2D eigenvalue weighted by Gasteiger charge is -2.12. The van der Waals surface area contributed by atoms with Crippen molar-refractivity contribution in [1.29, 1.82) is 0 Å². The summed E-state index contributed by atoms with van der Waals surface area (Å²) in [4.78, 5) is 0. The van der Waals surface area contributed by atoms with Crippen LogP contribution in [-0.4, -0.2) is 19.2 Å². The Morgan fingerprint density at radius 1 is 1.38 bits per heavy atom. The molecule has 1 N–H and O–H groups in total. The molecule has 2 rings (SSSR count). The first-order chi connectivity index (χ1) is 7.88. The molecular weight excluding hydrogens is 198 g/mol. The first-order valence-electron chi connectivity index (χ1n) is 6.35. The van der Waals surface area contributed by atoms with Crippen molar-refractivity contribution >= 4 is 0 Å². The Balaban J connectivity index is 0.000000606. The maximum absolute atomic E-state index is 5.86. The Kier molecular flexibility index (Phi) is 5.94. The third kappa shape index (κ3) is 3.86. The number of aryl methyl sites for hydroxylation is 1. The average molecular weight is 221 g/mol. The van der Waals surface area contributed by atoms with Gasteiger partial charge >= 0.3 is 0 Å². The van der Waals surface area contributed by atoms with Crippen molar-refractivity contribution in [3.63, 3.8) is 0 Å². The maximum Gasteiger partial charge on any atom is 0.120 e. The van der Waals surface area contributed by atoms with E-state index in [-0.39, 0.29) is 0 Å². The molecule has 0 saturated carbocycles. The van der Waals surface area contributed by atoms with Crippen LogP contribution in [-0.2, 0) is 6.42 Å². The molecule has 16 heavy (non-hydrogen) atoms. The summed E-state index contributed by atoms with van der Waals surface area (Å²) < 4.78 is 5.86. The number of benzene rings is 1. The van der Waals surface area contributed by atoms with Crippen LogP contribution in [0.15, 0.2) is 24.3 Å². The Morgan fingerprint density at radius 3 is 2.81 bits per heavy atom. The summed E-state index contributed by atoms with van der Waals surface area (Å²) in [7, 11) is 0. The second-order valence-electron chi connectivity index (χ2n) is 3.73. The summed E-state index contributed by atoms with van der Waals surface area (Å²) in [6.07, 6.45) is 2.55. The van der Waals surface area contributed by atoms with Crippen molar-refractivity contribution in [3.05, 3.63) is 29.8 Å². The van der Waals surface area contributed by atoms with Gasteiger partial charge in [0.15, 0.2) is 0 Å². The third-order valence-corrected chi connectivity index (χ3v) is 2.62. The zero-order valence-corrected chi connectivity index (χ0v) is 10.6. The minimum atomic E-state index is 0.363. The Bertz CT molecular complexity index is 293. The fourth-order valence-electron chi connectivity index (χ4n) is 1.76. The standard InChI is InChI=1S/C12H17NO.C2H6/c1-2-10-4-3-5-11(8-10)14-12-6-7-13-9-12;1-2/h3-5,8,12-13H,2,6-7,9H2,1H3;1-2H3. The molecular formula is C14H23NO. The van der Waals surface area contributed by atoms with Gasteiger partial charge in [-0.1, -0.05) is 32.9 Å². The van der Waals surface area contributed by atoms with E-state index in [1.54, 1.807) is 0 Å². The summed E-state index contributed by atoms with van der Waals surface area (Å²) in [5.74, 6) is 1.01. The number of nitrogens with one attached hydrogen (secondary N) is 1. The van der Waals surface area contributed by atoms with Gasteiger partial charge in [-0.25, -0.2) is 0 Å². The van der Waals surface area contributed by atoms with Crippen molar-refractivity contribution in [2.75, 3.05) is 13.1 Å². The van der Waals surface area contributed by atoms with E-state index in [1.165, 1.54) is 5.56 Å². The van der Waals surface area contributed by atoms with Crippen LogP contribution in [0, 0.1) is 0 Å². The van der Waals surface area contributed by atoms with Crippen molar-refractivity contribution < 1.29 is 4.74 Å². The maximum atomic E-state index is 5.86. The lowest BCUT2D eigenvalue weighted by Crippen LogP contribution is -2.19. The fourth-order valence-corrected chi connectivity index (χ4v) is 1.76. The number of rotatable bonds is 3. The second-order valence-corrected chi connectivity index (χ2v) is 3.73. The van der Waals surface area contributed by atoms with Gasteiger partial charge in [0.2, 0.25) is 0 Å². The lowest BCUT2D eigenvalue weighted by molar-refractivity contribution is 0.223. The van der Waals surface area contributed by atoms with Gasteiger partial charge in [0.1, 0.15) is 11.9 Å². The van der Waals surface area contributed by atoms with Crippen LogP contribution >= 0.6 is 0 Å². The molecule has 2 nitrogen and oxygen atoms in total. The summed E-state index contributed by atoms with van der Waals surface area (Å²) >= 11 is 0. The van der Waals surface area contributed by atoms with Gasteiger partial charge in [-0.15, -0.1) is 0 Å². The fraction of sp³-hybridized carbons (Fsp3) is 0.571. The Labute approximate surface area is 99.0 Å². The summed E-state index contributed by atoms with van der Waals surface area (Å²) in [6, 6.07) is 8.38. The van der Waals surface area contributed by atoms with Gasteiger partial charge in [-0.05, 0) is 37.1 Å². The van der Waals surface area contributed by atoms with Crippen LogP contribution in [0.2, 0.25) is 0 Å². The molecule has 1 fully saturated rings. The molecule has 0 bridgehead atoms. The van der Waals surface area contributed by atoms with Gasteiger partial charge in [0, 0.05) is 6.54 Å². The molecule has 90 valence electrons. The molecule has 0 amide bonds. The highest BCUT2D eigenvalue weighted by atomic mass is 16.5. The Morgan fingerprint density at radius 2 is 2.19 bits per heavy atom. The predicted octanol–water partition coefficient (Wildman–Crippen LogP) is 3.02. The number of hydrogen-bond donors (Lipinski definition) is 1.